The summed E-state index contributed by atoms with van der Waals surface area (Å²) in [5, 5.41) is 0. The van der Waals surface area contributed by atoms with Crippen molar-refractivity contribution in [2.75, 3.05) is 30.0 Å². The predicted molar refractivity (Wildman–Crippen MR) is 124 cm³/mol. The molecular weight excluding hydrogens is 407 g/mol. The van der Waals surface area contributed by atoms with E-state index in [4.69, 9.17) is 4.74 Å². The van der Waals surface area contributed by atoms with Gasteiger partial charge in [0, 0.05) is 36.6 Å². The first-order valence-corrected chi connectivity index (χ1v) is 10.5. The van der Waals surface area contributed by atoms with Gasteiger partial charge in [0.15, 0.2) is 0 Å². The lowest BCUT2D eigenvalue weighted by Crippen LogP contribution is -2.39. The lowest BCUT2D eigenvalue weighted by Gasteiger charge is -2.30. The molecule has 0 radical (unpaired) electrons. The number of rotatable bonds is 8. The third-order valence-electron chi connectivity index (χ3n) is 4.88. The van der Waals surface area contributed by atoms with Crippen molar-refractivity contribution in [3.63, 3.8) is 0 Å². The normalized spacial score (nSPS) is 11.2. The molecule has 0 unspecified atom stereocenters. The van der Waals surface area contributed by atoms with Gasteiger partial charge in [0.2, 0.25) is 11.8 Å². The molecule has 0 atom stereocenters. The van der Waals surface area contributed by atoms with Gasteiger partial charge in [0.05, 0.1) is 13.1 Å². The fraction of sp³-hybridized carbons (Fsp3) is 0.320. The molecule has 3 rings (SSSR count). The second-order valence-electron chi connectivity index (χ2n) is 8.58. The van der Waals surface area contributed by atoms with Gasteiger partial charge < -0.3 is 14.5 Å². The summed E-state index contributed by atoms with van der Waals surface area (Å²) in [5.74, 6) is 1.01. The molecule has 7 heteroatoms. The summed E-state index contributed by atoms with van der Waals surface area (Å²) in [6.07, 6.45) is 3.46. The van der Waals surface area contributed by atoms with Crippen LogP contribution in [-0.2, 0) is 11.3 Å². The molecular formula is C25H29FN4O2. The second kappa shape index (κ2) is 10.2. The van der Waals surface area contributed by atoms with Crippen LogP contribution in [0.1, 0.15) is 26.3 Å². The van der Waals surface area contributed by atoms with Gasteiger partial charge in [-0.3, -0.25) is 4.79 Å². The van der Waals surface area contributed by atoms with Gasteiger partial charge in [-0.2, -0.15) is 0 Å². The number of hydrogen-bond donors (Lipinski definition) is 0. The standard InChI is InChI=1S/C25H29FN4O2/c1-25(2,3)24(31)30(21-11-9-20(26)10-12-21)18-19-8-13-22(28-17-19)29(4)15-16-32-23-7-5-6-14-27-23/h5-14,17H,15-16,18H2,1-4H3. The van der Waals surface area contributed by atoms with Crippen molar-refractivity contribution in [2.24, 2.45) is 5.41 Å². The molecule has 2 aromatic heterocycles. The third-order valence-corrected chi connectivity index (χ3v) is 4.88. The van der Waals surface area contributed by atoms with Crippen molar-refractivity contribution in [1.82, 2.24) is 9.97 Å². The van der Waals surface area contributed by atoms with Crippen LogP contribution in [-0.4, -0.2) is 36.1 Å². The summed E-state index contributed by atoms with van der Waals surface area (Å²) in [6, 6.07) is 15.4. The third kappa shape index (κ3) is 6.26. The van der Waals surface area contributed by atoms with Crippen molar-refractivity contribution < 1.29 is 13.9 Å². The van der Waals surface area contributed by atoms with Crippen molar-refractivity contribution in [3.8, 4) is 5.88 Å². The van der Waals surface area contributed by atoms with Gasteiger partial charge in [-0.05, 0) is 42.0 Å². The molecule has 32 heavy (non-hydrogen) atoms. The fourth-order valence-electron chi connectivity index (χ4n) is 3.06. The lowest BCUT2D eigenvalue weighted by molar-refractivity contribution is -0.125. The number of anilines is 2. The number of halogens is 1. The van der Waals surface area contributed by atoms with Gasteiger partial charge in [-0.1, -0.05) is 32.9 Å². The summed E-state index contributed by atoms with van der Waals surface area (Å²) in [5.41, 5.74) is 0.961. The van der Waals surface area contributed by atoms with Crippen molar-refractivity contribution in [2.45, 2.75) is 27.3 Å². The Balaban J connectivity index is 1.66. The molecule has 1 aromatic carbocycles. The van der Waals surface area contributed by atoms with E-state index in [0.29, 0.717) is 31.3 Å². The van der Waals surface area contributed by atoms with E-state index in [-0.39, 0.29) is 11.7 Å². The molecule has 0 N–H and O–H groups in total. The highest BCUT2D eigenvalue weighted by molar-refractivity contribution is 5.96. The van der Waals surface area contributed by atoms with Crippen LogP contribution in [0.25, 0.3) is 0 Å². The van der Waals surface area contributed by atoms with Crippen molar-refractivity contribution in [1.29, 1.82) is 0 Å². The van der Waals surface area contributed by atoms with Crippen LogP contribution >= 0.6 is 0 Å². The van der Waals surface area contributed by atoms with Gasteiger partial charge >= 0.3 is 0 Å². The Labute approximate surface area is 188 Å². The van der Waals surface area contributed by atoms with E-state index in [1.54, 1.807) is 29.4 Å². The Bertz CT molecular complexity index is 1000. The van der Waals surface area contributed by atoms with Gasteiger partial charge in [0.25, 0.3) is 0 Å². The molecule has 0 fully saturated rings. The zero-order valence-electron chi connectivity index (χ0n) is 19.0. The maximum atomic E-state index is 13.4. The minimum absolute atomic E-state index is 0.0445. The van der Waals surface area contributed by atoms with Crippen LogP contribution < -0.4 is 14.5 Å². The number of hydrogen-bond acceptors (Lipinski definition) is 5. The molecule has 168 valence electrons. The Morgan fingerprint density at radius 3 is 2.38 bits per heavy atom. The molecule has 0 aliphatic heterocycles. The first-order chi connectivity index (χ1) is 15.2. The van der Waals surface area contributed by atoms with E-state index >= 15 is 0 Å². The number of carbonyl (C=O) groups excluding carboxylic acids is 1. The summed E-state index contributed by atoms with van der Waals surface area (Å²) < 4.78 is 19.0. The van der Waals surface area contributed by atoms with Gasteiger partial charge in [-0.25, -0.2) is 14.4 Å². The molecule has 3 aromatic rings. The van der Waals surface area contributed by atoms with E-state index in [1.165, 1.54) is 12.1 Å². The maximum Gasteiger partial charge on any atom is 0.232 e. The first kappa shape index (κ1) is 23.2. The molecule has 0 bridgehead atoms. The average molecular weight is 437 g/mol. The summed E-state index contributed by atoms with van der Waals surface area (Å²) in [7, 11) is 1.94. The fourth-order valence-corrected chi connectivity index (χ4v) is 3.06. The predicted octanol–water partition coefficient (Wildman–Crippen LogP) is 4.71. The number of likely N-dealkylation sites (N-methyl/N-ethyl adjacent to an activating group) is 1. The number of ether oxygens (including phenoxy) is 1. The molecule has 0 saturated heterocycles. The van der Waals surface area contributed by atoms with Crippen molar-refractivity contribution >= 4 is 17.4 Å². The summed E-state index contributed by atoms with van der Waals surface area (Å²) in [6.45, 7) is 7.09. The molecule has 2 heterocycles. The van der Waals surface area contributed by atoms with E-state index in [1.807, 2.05) is 63.1 Å². The Hall–Kier alpha value is -3.48. The zero-order chi connectivity index (χ0) is 23.1. The topological polar surface area (TPSA) is 58.6 Å². The van der Waals surface area contributed by atoms with Gasteiger partial charge in [0.1, 0.15) is 18.2 Å². The number of carbonyl (C=O) groups is 1. The van der Waals surface area contributed by atoms with Crippen LogP contribution in [0.15, 0.2) is 67.0 Å². The molecule has 0 aliphatic rings. The molecule has 0 aliphatic carbocycles. The largest absolute Gasteiger partial charge is 0.476 e. The van der Waals surface area contributed by atoms with Crippen LogP contribution in [0.4, 0.5) is 15.9 Å². The zero-order valence-corrected chi connectivity index (χ0v) is 19.0. The molecule has 0 spiro atoms. The van der Waals surface area contributed by atoms with E-state index in [0.717, 1.165) is 11.4 Å². The van der Waals surface area contributed by atoms with Crippen molar-refractivity contribution in [3.05, 3.63) is 78.4 Å². The maximum absolute atomic E-state index is 13.4. The average Bonchev–Trinajstić information content (AvgIpc) is 2.78. The first-order valence-electron chi connectivity index (χ1n) is 10.5. The molecule has 6 nitrogen and oxygen atoms in total. The van der Waals surface area contributed by atoms with Crippen LogP contribution in [0.2, 0.25) is 0 Å². The Kier molecular flexibility index (Phi) is 7.41. The number of aromatic nitrogens is 2. The summed E-state index contributed by atoms with van der Waals surface area (Å²) >= 11 is 0. The van der Waals surface area contributed by atoms with E-state index in [9.17, 15) is 9.18 Å². The SMILES string of the molecule is CN(CCOc1ccccn1)c1ccc(CN(C(=O)C(C)(C)C)c2ccc(F)cc2)cn1. The highest BCUT2D eigenvalue weighted by atomic mass is 19.1. The second-order valence-corrected chi connectivity index (χ2v) is 8.58. The Morgan fingerprint density at radius 1 is 1.03 bits per heavy atom. The number of pyridine rings is 2. The number of amides is 1. The minimum atomic E-state index is -0.574. The van der Waals surface area contributed by atoms with E-state index < -0.39 is 5.41 Å². The van der Waals surface area contributed by atoms with Crippen LogP contribution in [0.5, 0.6) is 5.88 Å². The monoisotopic (exact) mass is 436 g/mol. The highest BCUT2D eigenvalue weighted by Crippen LogP contribution is 2.26. The molecule has 0 saturated carbocycles. The van der Waals surface area contributed by atoms with Crippen LogP contribution in [0, 0.1) is 11.2 Å². The lowest BCUT2D eigenvalue weighted by atomic mass is 9.94. The number of nitrogens with zero attached hydrogens (tertiary/aromatic N) is 4. The summed E-state index contributed by atoms with van der Waals surface area (Å²) in [4.78, 5) is 25.4. The van der Waals surface area contributed by atoms with E-state index in [2.05, 4.69) is 9.97 Å². The quantitative estimate of drug-likeness (QED) is 0.512. The Morgan fingerprint density at radius 2 is 1.78 bits per heavy atom. The highest BCUT2D eigenvalue weighted by Gasteiger charge is 2.28. The minimum Gasteiger partial charge on any atom is -0.476 e. The smallest absolute Gasteiger partial charge is 0.232 e. The number of benzene rings is 1. The van der Waals surface area contributed by atoms with Gasteiger partial charge in [-0.15, -0.1) is 0 Å². The molecule has 1 amide bonds. The van der Waals surface area contributed by atoms with Crippen LogP contribution in [0.3, 0.4) is 0 Å².